The Kier molecular flexibility index (Phi) is 23.3. The monoisotopic (exact) mass is 966 g/mol. The van der Waals surface area contributed by atoms with Crippen LogP contribution in [0.4, 0.5) is 22.0 Å². The van der Waals surface area contributed by atoms with Gasteiger partial charge in [-0.1, -0.05) is 59.6 Å². The number of carbonyl (C=O) groups excluding carboxylic acids is 2. The van der Waals surface area contributed by atoms with Crippen molar-refractivity contribution >= 4 is 68.3 Å². The molecule has 59 heavy (non-hydrogen) atoms. The van der Waals surface area contributed by atoms with Crippen LogP contribution in [0.3, 0.4) is 0 Å². The molecule has 4 aromatic rings. The summed E-state index contributed by atoms with van der Waals surface area (Å²) in [5.41, 5.74) is 0.0328. The molecular formula is C38H49F5IN4NaO10. The average Bonchev–Trinajstić information content (AvgIpc) is 3.82. The van der Waals surface area contributed by atoms with Crippen molar-refractivity contribution in [3.8, 4) is 11.5 Å². The largest absolute Gasteiger partial charge is 1.00 e. The topological polar surface area (TPSA) is 195 Å². The zero-order valence-electron chi connectivity index (χ0n) is 34.9. The molecule has 3 N–H and O–H groups in total. The molecule has 0 bridgehead atoms. The third kappa shape index (κ3) is 15.3. The standard InChI is InChI=1S/C19H23F3N2O5.C18H22F2N2O5.CH3I.Na.H/c1-4-6-12-14(9-8-13-16(12)29-23-17(13)19(20,21)22)28-10-5-7-15(25)24(3)11(2)18(26)27;1-3-5-11-13(8-7-12-15(17(19)20)22-27-16(11)12)26-9-4-6-14(23)21-10(2)18(24)25;1-2;;/h8-9,11H,4-7,10H2,1-3H3,(H,26,27);7-8,10,17H,3-6,9H2,1-2H3,(H,21,23)(H,24,25);1H3;;/q;;;+1;-1/t11-;10-;;;/m00.../s1. The quantitative estimate of drug-likeness (QED) is 0.0351. The fourth-order valence-corrected chi connectivity index (χ4v) is 5.46. The van der Waals surface area contributed by atoms with Crippen molar-refractivity contribution < 1.29 is 101 Å². The number of hydrogen-bond acceptors (Lipinski definition) is 10. The van der Waals surface area contributed by atoms with Gasteiger partial charge in [0, 0.05) is 31.0 Å². The zero-order valence-corrected chi connectivity index (χ0v) is 38.0. The summed E-state index contributed by atoms with van der Waals surface area (Å²) in [5, 5.41) is 26.8. The Morgan fingerprint density at radius 3 is 1.81 bits per heavy atom. The number of aromatic nitrogens is 2. The molecule has 0 spiro atoms. The number of nitrogens with zero attached hydrogens (tertiary/aromatic N) is 3. The summed E-state index contributed by atoms with van der Waals surface area (Å²) in [4.78, 5) is 48.4. The Bertz CT molecular complexity index is 1990. The summed E-state index contributed by atoms with van der Waals surface area (Å²) in [6.45, 7) is 6.97. The van der Waals surface area contributed by atoms with E-state index in [2.05, 4.69) is 38.2 Å². The van der Waals surface area contributed by atoms with Gasteiger partial charge in [0.15, 0.2) is 22.6 Å². The second kappa shape index (κ2) is 25.8. The molecule has 324 valence electrons. The number of carboxylic acid groups (broad SMARTS) is 2. The van der Waals surface area contributed by atoms with Gasteiger partial charge < -0.3 is 40.4 Å². The molecule has 21 heteroatoms. The molecule has 2 aromatic heterocycles. The van der Waals surface area contributed by atoms with Gasteiger partial charge in [0.2, 0.25) is 11.8 Å². The van der Waals surface area contributed by atoms with Crippen molar-refractivity contribution in [3.63, 3.8) is 0 Å². The number of carbonyl (C=O) groups is 4. The first-order valence-corrected chi connectivity index (χ1v) is 20.4. The van der Waals surface area contributed by atoms with Crippen LogP contribution in [0.15, 0.2) is 33.3 Å². The molecule has 0 saturated heterocycles. The maximum Gasteiger partial charge on any atom is 1.00 e. The van der Waals surface area contributed by atoms with E-state index in [0.717, 1.165) is 11.3 Å². The molecule has 14 nitrogen and oxygen atoms in total. The predicted molar refractivity (Wildman–Crippen MR) is 212 cm³/mol. The number of halogens is 6. The number of carboxylic acids is 2. The number of likely N-dealkylation sites (N-methyl/N-ethyl adjacent to an activating group) is 1. The number of hydrogen-bond donors (Lipinski definition) is 3. The van der Waals surface area contributed by atoms with Crippen LogP contribution in [-0.4, -0.2) is 86.5 Å². The van der Waals surface area contributed by atoms with Crippen molar-refractivity contribution in [1.82, 2.24) is 20.5 Å². The van der Waals surface area contributed by atoms with E-state index in [1.165, 1.54) is 39.1 Å². The fraction of sp³-hybridized carbons (Fsp3) is 0.526. The van der Waals surface area contributed by atoms with Gasteiger partial charge in [-0.2, -0.15) is 13.2 Å². The minimum atomic E-state index is -4.61. The summed E-state index contributed by atoms with van der Waals surface area (Å²) in [7, 11) is 1.41. The Morgan fingerprint density at radius 2 is 1.34 bits per heavy atom. The molecule has 0 unspecified atom stereocenters. The van der Waals surface area contributed by atoms with E-state index in [1.807, 2.05) is 18.8 Å². The minimum absolute atomic E-state index is 0. The van der Waals surface area contributed by atoms with Gasteiger partial charge >= 0.3 is 47.7 Å². The minimum Gasteiger partial charge on any atom is -1.00 e. The zero-order chi connectivity index (χ0) is 43.7. The summed E-state index contributed by atoms with van der Waals surface area (Å²) in [5.74, 6) is -2.04. The van der Waals surface area contributed by atoms with Gasteiger partial charge in [-0.05, 0) is 68.7 Å². The second-order valence-electron chi connectivity index (χ2n) is 12.8. The molecule has 2 atom stereocenters. The van der Waals surface area contributed by atoms with E-state index in [1.54, 1.807) is 6.07 Å². The van der Waals surface area contributed by atoms with Gasteiger partial charge in [0.05, 0.1) is 24.0 Å². The number of benzene rings is 2. The first-order valence-electron chi connectivity index (χ1n) is 18.2. The molecule has 0 aliphatic carbocycles. The molecule has 2 heterocycles. The summed E-state index contributed by atoms with van der Waals surface area (Å²) < 4.78 is 86.5. The van der Waals surface area contributed by atoms with Crippen LogP contribution in [0.5, 0.6) is 11.5 Å². The maximum absolute atomic E-state index is 13.0. The van der Waals surface area contributed by atoms with Crippen molar-refractivity contribution in [1.29, 1.82) is 0 Å². The Hall–Kier alpha value is -3.76. The SMILES string of the molecule is CCCc1c(OCCCC(=O)N(C)[C@@H](C)C(=O)O)ccc2c(C(F)(F)F)noc12.CCCc1c(OCCCC(=O)N[C@@H](C)C(=O)O)ccc2c(C(F)F)noc12.CI.[H-].[Na+]. The Morgan fingerprint density at radius 1 is 0.847 bits per heavy atom. The van der Waals surface area contributed by atoms with E-state index >= 15 is 0 Å². The molecule has 0 saturated carbocycles. The van der Waals surface area contributed by atoms with E-state index in [-0.39, 0.29) is 90.8 Å². The predicted octanol–water partition coefficient (Wildman–Crippen LogP) is 5.52. The number of alkyl halides is 6. The van der Waals surface area contributed by atoms with Crippen LogP contribution < -0.4 is 44.3 Å². The van der Waals surface area contributed by atoms with Crippen LogP contribution in [0.1, 0.15) is 96.6 Å². The van der Waals surface area contributed by atoms with Gasteiger partial charge in [-0.25, -0.2) is 13.6 Å². The second-order valence-corrected chi connectivity index (χ2v) is 12.8. The normalized spacial score (nSPS) is 12.0. The number of fused-ring (bicyclic) bond motifs is 2. The number of ether oxygens (including phenoxy) is 2. The number of rotatable bonds is 19. The summed E-state index contributed by atoms with van der Waals surface area (Å²) >= 11 is 2.15. The third-order valence-corrected chi connectivity index (χ3v) is 8.58. The third-order valence-electron chi connectivity index (χ3n) is 8.58. The molecule has 2 aromatic carbocycles. The average molecular weight is 967 g/mol. The van der Waals surface area contributed by atoms with Crippen LogP contribution in [0.2, 0.25) is 0 Å². The summed E-state index contributed by atoms with van der Waals surface area (Å²) in [6, 6.07) is 3.91. The molecule has 0 radical (unpaired) electrons. The Labute approximate surface area is 374 Å². The van der Waals surface area contributed by atoms with Crippen molar-refractivity contribution in [2.24, 2.45) is 0 Å². The Balaban J connectivity index is 0.00000108. The molecule has 0 fully saturated rings. The number of amides is 2. The van der Waals surface area contributed by atoms with Crippen LogP contribution in [-0.2, 0) is 38.2 Å². The van der Waals surface area contributed by atoms with Crippen LogP contribution >= 0.6 is 22.6 Å². The first-order chi connectivity index (χ1) is 27.4. The number of aliphatic carboxylic acids is 2. The van der Waals surface area contributed by atoms with E-state index in [0.29, 0.717) is 54.7 Å². The fourth-order valence-electron chi connectivity index (χ4n) is 5.46. The molecule has 2 amide bonds. The van der Waals surface area contributed by atoms with Crippen molar-refractivity contribution in [2.45, 2.75) is 104 Å². The van der Waals surface area contributed by atoms with Gasteiger partial charge in [0.1, 0.15) is 23.6 Å². The van der Waals surface area contributed by atoms with Gasteiger partial charge in [0.25, 0.3) is 6.43 Å². The van der Waals surface area contributed by atoms with Crippen molar-refractivity contribution in [3.05, 3.63) is 46.8 Å². The summed E-state index contributed by atoms with van der Waals surface area (Å²) in [6.07, 6.45) is -4.01. The first kappa shape index (κ1) is 53.3. The molecule has 0 aliphatic heterocycles. The maximum atomic E-state index is 13.0. The van der Waals surface area contributed by atoms with Crippen molar-refractivity contribution in [2.75, 3.05) is 25.2 Å². The molecule has 0 aliphatic rings. The van der Waals surface area contributed by atoms with E-state index in [9.17, 15) is 41.1 Å². The van der Waals surface area contributed by atoms with E-state index in [4.69, 9.17) is 28.7 Å². The molecular weight excluding hydrogens is 917 g/mol. The van der Waals surface area contributed by atoms with Gasteiger partial charge in [-0.3, -0.25) is 14.4 Å². The van der Waals surface area contributed by atoms with E-state index < -0.39 is 48.0 Å². The van der Waals surface area contributed by atoms with Gasteiger partial charge in [-0.15, -0.1) is 0 Å². The van der Waals surface area contributed by atoms with Crippen LogP contribution in [0.25, 0.3) is 21.9 Å². The van der Waals surface area contributed by atoms with Crippen LogP contribution in [0, 0.1) is 0 Å². The molecule has 4 rings (SSSR count). The number of nitrogens with one attached hydrogen (secondary N) is 1. The number of aryl methyl sites for hydroxylation is 2. The smallest absolute Gasteiger partial charge is 1.00 e.